The minimum Gasteiger partial charge on any atom is -0.506 e. The van der Waals surface area contributed by atoms with Crippen molar-refractivity contribution in [3.05, 3.63) is 47.5 Å². The molecule has 0 bridgehead atoms. The zero-order valence-electron chi connectivity index (χ0n) is 14.4. The summed E-state index contributed by atoms with van der Waals surface area (Å²) in [5.74, 6) is -0.299. The summed E-state index contributed by atoms with van der Waals surface area (Å²) in [5.41, 5.74) is -0.625. The number of phenolic OH excluding ortho intramolecular Hbond substituents is 1. The van der Waals surface area contributed by atoms with Crippen LogP contribution in [0.25, 0.3) is 0 Å². The number of carbonyl (C=O) groups is 1. The van der Waals surface area contributed by atoms with Crippen LogP contribution in [0.4, 0.5) is 16.2 Å². The largest absolute Gasteiger partial charge is 0.506 e. The molecule has 0 radical (unpaired) electrons. The third-order valence-electron chi connectivity index (χ3n) is 3.03. The molecule has 3 N–H and O–H groups in total. The monoisotopic (exact) mass is 398 g/mol. The molecular weight excluding hydrogens is 380 g/mol. The number of phenols is 1. The smallest absolute Gasteiger partial charge is 0.412 e. The average molecular weight is 399 g/mol. The second kappa shape index (κ2) is 7.43. The van der Waals surface area contributed by atoms with E-state index in [1.165, 1.54) is 12.1 Å². The van der Waals surface area contributed by atoms with Crippen molar-refractivity contribution in [2.24, 2.45) is 0 Å². The minimum atomic E-state index is -3.98. The first-order valence-electron chi connectivity index (χ1n) is 7.58. The molecule has 9 heteroatoms. The van der Waals surface area contributed by atoms with Gasteiger partial charge in [0.05, 0.1) is 21.3 Å². The Morgan fingerprint density at radius 2 is 1.77 bits per heavy atom. The molecule has 0 saturated heterocycles. The molecule has 2 rings (SSSR count). The molecule has 0 unspecified atom stereocenters. The fourth-order valence-corrected chi connectivity index (χ4v) is 3.29. The third kappa shape index (κ3) is 5.27. The summed E-state index contributed by atoms with van der Waals surface area (Å²) in [6, 6.07) is 9.85. The highest BCUT2D eigenvalue weighted by molar-refractivity contribution is 7.92. The van der Waals surface area contributed by atoms with Gasteiger partial charge in [-0.2, -0.15) is 0 Å². The normalized spacial score (nSPS) is 11.7. The van der Waals surface area contributed by atoms with Gasteiger partial charge < -0.3 is 9.84 Å². The zero-order chi connectivity index (χ0) is 19.5. The molecule has 26 heavy (non-hydrogen) atoms. The van der Waals surface area contributed by atoms with E-state index in [2.05, 4.69) is 10.0 Å². The van der Waals surface area contributed by atoms with Gasteiger partial charge in [0.15, 0.2) is 0 Å². The Hall–Kier alpha value is -2.45. The molecule has 0 aromatic heterocycles. The number of aromatic hydroxyl groups is 1. The second-order valence-corrected chi connectivity index (χ2v) is 8.48. The van der Waals surface area contributed by atoms with Crippen molar-refractivity contribution >= 4 is 39.1 Å². The van der Waals surface area contributed by atoms with Crippen molar-refractivity contribution < 1.29 is 23.1 Å². The van der Waals surface area contributed by atoms with Gasteiger partial charge in [-0.15, -0.1) is 0 Å². The van der Waals surface area contributed by atoms with Crippen molar-refractivity contribution in [3.8, 4) is 5.75 Å². The number of rotatable bonds is 4. The summed E-state index contributed by atoms with van der Waals surface area (Å²) in [7, 11) is -3.98. The third-order valence-corrected chi connectivity index (χ3v) is 4.72. The predicted molar refractivity (Wildman–Crippen MR) is 100 cm³/mol. The lowest BCUT2D eigenvalue weighted by Crippen LogP contribution is -2.27. The first-order valence-corrected chi connectivity index (χ1v) is 9.44. The van der Waals surface area contributed by atoms with Gasteiger partial charge in [0.25, 0.3) is 10.0 Å². The van der Waals surface area contributed by atoms with Crippen molar-refractivity contribution in [2.75, 3.05) is 10.0 Å². The van der Waals surface area contributed by atoms with Crippen LogP contribution in [0.1, 0.15) is 20.8 Å². The Labute approximate surface area is 157 Å². The molecule has 0 aliphatic carbocycles. The van der Waals surface area contributed by atoms with E-state index in [1.54, 1.807) is 39.0 Å². The van der Waals surface area contributed by atoms with Crippen molar-refractivity contribution in [3.63, 3.8) is 0 Å². The summed E-state index contributed by atoms with van der Waals surface area (Å²) in [4.78, 5) is 11.7. The maximum absolute atomic E-state index is 12.5. The van der Waals surface area contributed by atoms with Gasteiger partial charge in [-0.25, -0.2) is 13.2 Å². The van der Waals surface area contributed by atoms with Crippen LogP contribution in [0.3, 0.4) is 0 Å². The first-order chi connectivity index (χ1) is 12.0. The average Bonchev–Trinajstić information content (AvgIpc) is 2.49. The Kier molecular flexibility index (Phi) is 5.68. The number of nitrogens with one attached hydrogen (secondary N) is 2. The van der Waals surface area contributed by atoms with Gasteiger partial charge in [0.1, 0.15) is 11.4 Å². The van der Waals surface area contributed by atoms with Crippen LogP contribution in [-0.2, 0) is 14.8 Å². The van der Waals surface area contributed by atoms with Crippen molar-refractivity contribution in [1.82, 2.24) is 0 Å². The van der Waals surface area contributed by atoms with Gasteiger partial charge in [-0.05, 0) is 51.1 Å². The van der Waals surface area contributed by atoms with Crippen molar-refractivity contribution in [2.45, 2.75) is 31.3 Å². The molecule has 1 amide bonds. The van der Waals surface area contributed by atoms with E-state index in [-0.39, 0.29) is 27.0 Å². The summed E-state index contributed by atoms with van der Waals surface area (Å²) >= 11 is 5.96. The topological polar surface area (TPSA) is 105 Å². The second-order valence-electron chi connectivity index (χ2n) is 6.39. The van der Waals surface area contributed by atoms with E-state index < -0.39 is 21.7 Å². The lowest BCUT2D eigenvalue weighted by Gasteiger charge is -2.20. The van der Waals surface area contributed by atoms with E-state index in [9.17, 15) is 18.3 Å². The molecular formula is C17H19ClN2O5S. The molecule has 0 aliphatic rings. The van der Waals surface area contributed by atoms with Crippen LogP contribution in [-0.4, -0.2) is 25.2 Å². The number of sulfonamides is 1. The van der Waals surface area contributed by atoms with Crippen LogP contribution in [0, 0.1) is 0 Å². The minimum absolute atomic E-state index is 0.0960. The number of hydrogen-bond donors (Lipinski definition) is 3. The zero-order valence-corrected chi connectivity index (χ0v) is 16.0. The number of ether oxygens (including phenoxy) is 1. The number of para-hydroxylation sites is 1. The van der Waals surface area contributed by atoms with Gasteiger partial charge in [-0.3, -0.25) is 10.0 Å². The van der Waals surface area contributed by atoms with Crippen LogP contribution in [0.15, 0.2) is 47.4 Å². The molecule has 0 spiro atoms. The highest BCUT2D eigenvalue weighted by Gasteiger charge is 2.20. The van der Waals surface area contributed by atoms with E-state index in [1.807, 2.05) is 0 Å². The maximum atomic E-state index is 12.5. The standard InChI is InChI=1S/C17H19ClN2O5S/c1-17(2,3)25-16(22)19-14-10-11(8-9-15(14)21)26(23,24)20-13-7-5-4-6-12(13)18/h4-10,20-21H,1-3H3,(H,19,22). The molecule has 2 aromatic carbocycles. The lowest BCUT2D eigenvalue weighted by atomic mass is 10.2. The number of benzene rings is 2. The number of amides is 1. The Morgan fingerprint density at radius 1 is 1.12 bits per heavy atom. The number of carbonyl (C=O) groups excluding carboxylic acids is 1. The summed E-state index contributed by atoms with van der Waals surface area (Å²) < 4.78 is 32.5. The molecule has 0 fully saturated rings. The number of anilines is 2. The summed E-state index contributed by atoms with van der Waals surface area (Å²) in [6.45, 7) is 5.04. The fraction of sp³-hybridized carbons (Fsp3) is 0.235. The molecule has 0 aliphatic heterocycles. The Balaban J connectivity index is 2.28. The van der Waals surface area contributed by atoms with Crippen LogP contribution in [0.5, 0.6) is 5.75 Å². The van der Waals surface area contributed by atoms with E-state index >= 15 is 0 Å². The highest BCUT2D eigenvalue weighted by atomic mass is 35.5. The van der Waals surface area contributed by atoms with Crippen LogP contribution < -0.4 is 10.0 Å². The first kappa shape index (κ1) is 19.9. The number of halogens is 1. The number of hydrogen-bond acceptors (Lipinski definition) is 5. The molecule has 0 saturated carbocycles. The molecule has 0 atom stereocenters. The maximum Gasteiger partial charge on any atom is 0.412 e. The van der Waals surface area contributed by atoms with Gasteiger partial charge >= 0.3 is 6.09 Å². The summed E-state index contributed by atoms with van der Waals surface area (Å²) in [5, 5.41) is 12.4. The van der Waals surface area contributed by atoms with E-state index in [0.29, 0.717) is 0 Å². The molecule has 0 heterocycles. The van der Waals surface area contributed by atoms with Gasteiger partial charge in [-0.1, -0.05) is 23.7 Å². The fourth-order valence-electron chi connectivity index (χ4n) is 1.94. The van der Waals surface area contributed by atoms with Gasteiger partial charge in [0.2, 0.25) is 0 Å². The lowest BCUT2D eigenvalue weighted by molar-refractivity contribution is 0.0635. The predicted octanol–water partition coefficient (Wildman–Crippen LogP) is 4.19. The SMILES string of the molecule is CC(C)(C)OC(=O)Nc1cc(S(=O)(=O)Nc2ccccc2Cl)ccc1O. The van der Waals surface area contributed by atoms with Crippen LogP contribution in [0.2, 0.25) is 5.02 Å². The van der Waals surface area contributed by atoms with E-state index in [0.717, 1.165) is 12.1 Å². The van der Waals surface area contributed by atoms with Gasteiger partial charge in [0, 0.05) is 0 Å². The molecule has 2 aromatic rings. The highest BCUT2D eigenvalue weighted by Crippen LogP contribution is 2.29. The molecule has 7 nitrogen and oxygen atoms in total. The molecule has 140 valence electrons. The Bertz CT molecular complexity index is 923. The quantitative estimate of drug-likeness (QED) is 0.669. The Morgan fingerprint density at radius 3 is 2.38 bits per heavy atom. The van der Waals surface area contributed by atoms with Crippen molar-refractivity contribution in [1.29, 1.82) is 0 Å². The van der Waals surface area contributed by atoms with Crippen LogP contribution >= 0.6 is 11.6 Å². The summed E-state index contributed by atoms with van der Waals surface area (Å²) in [6.07, 6.45) is -0.818. The van der Waals surface area contributed by atoms with E-state index in [4.69, 9.17) is 16.3 Å².